The molecule has 0 aliphatic carbocycles. The molecular weight excluding hydrogens is 528 g/mol. The van der Waals surface area contributed by atoms with Crippen LogP contribution in [0.2, 0.25) is 0 Å². The van der Waals surface area contributed by atoms with Gasteiger partial charge in [-0.3, -0.25) is 4.98 Å². The summed E-state index contributed by atoms with van der Waals surface area (Å²) in [6.45, 7) is 13.6. The maximum atomic E-state index is 10.6. The molecule has 216 valence electrons. The molecule has 0 saturated carbocycles. The zero-order chi connectivity index (χ0) is 30.5. The molecule has 0 bridgehead atoms. The summed E-state index contributed by atoms with van der Waals surface area (Å²) in [6, 6.07) is 29.4. The number of aryl methyl sites for hydroxylation is 1. The van der Waals surface area contributed by atoms with Gasteiger partial charge in [0.25, 0.3) is 0 Å². The maximum Gasteiger partial charge on any atom is 0.163 e. The smallest absolute Gasteiger partial charge is 0.163 e. The first-order valence-corrected chi connectivity index (χ1v) is 14.7. The largest absolute Gasteiger partial charge is 0.506 e. The number of hydrogen-bond acceptors (Lipinski definition) is 4. The lowest BCUT2D eigenvalue weighted by Crippen LogP contribution is -2.16. The first-order valence-electron chi connectivity index (χ1n) is 14.7. The molecule has 0 aliphatic heterocycles. The van der Waals surface area contributed by atoms with Gasteiger partial charge < -0.3 is 9.67 Å². The van der Waals surface area contributed by atoms with Crippen molar-refractivity contribution >= 4 is 11.0 Å². The summed E-state index contributed by atoms with van der Waals surface area (Å²) in [7, 11) is 1.96. The second kappa shape index (κ2) is 10.5. The molecular formula is C38H38N4O. The third-order valence-electron chi connectivity index (χ3n) is 8.11. The van der Waals surface area contributed by atoms with E-state index in [2.05, 4.69) is 107 Å². The highest BCUT2D eigenvalue weighted by molar-refractivity contribution is 5.96. The van der Waals surface area contributed by atoms with Gasteiger partial charge in [0, 0.05) is 30.6 Å². The first-order chi connectivity index (χ1) is 20.4. The fourth-order valence-corrected chi connectivity index (χ4v) is 5.52. The SMILES string of the molecule is Cn1c(-c2ncccc2O)nc2c(-c3cc(-c4cc(C(C)(C)C)cc(C(C)(C)C)c4)cc(-c4ccccn4)c3)cccc21. The number of aromatic hydroxyl groups is 1. The molecule has 0 fully saturated rings. The summed E-state index contributed by atoms with van der Waals surface area (Å²) < 4.78 is 1.99. The third kappa shape index (κ3) is 5.43. The molecule has 0 radical (unpaired) electrons. The van der Waals surface area contributed by atoms with Gasteiger partial charge in [-0.05, 0) is 87.2 Å². The minimum atomic E-state index is 0.00439. The third-order valence-corrected chi connectivity index (χ3v) is 8.11. The van der Waals surface area contributed by atoms with E-state index in [0.29, 0.717) is 11.5 Å². The van der Waals surface area contributed by atoms with Crippen molar-refractivity contribution in [2.24, 2.45) is 7.05 Å². The van der Waals surface area contributed by atoms with E-state index in [1.807, 2.05) is 29.9 Å². The van der Waals surface area contributed by atoms with E-state index >= 15 is 0 Å². The topological polar surface area (TPSA) is 63.8 Å². The van der Waals surface area contributed by atoms with Gasteiger partial charge in [-0.2, -0.15) is 0 Å². The minimum Gasteiger partial charge on any atom is -0.506 e. The van der Waals surface area contributed by atoms with Crippen molar-refractivity contribution in [2.75, 3.05) is 0 Å². The second-order valence-electron chi connectivity index (χ2n) is 13.4. The predicted octanol–water partition coefficient (Wildman–Crippen LogP) is 9.33. The number of pyridine rings is 2. The number of rotatable bonds is 4. The van der Waals surface area contributed by atoms with Crippen LogP contribution in [0.4, 0.5) is 0 Å². The van der Waals surface area contributed by atoms with Crippen LogP contribution in [0, 0.1) is 0 Å². The van der Waals surface area contributed by atoms with Gasteiger partial charge in [-0.25, -0.2) is 9.97 Å². The summed E-state index contributed by atoms with van der Waals surface area (Å²) in [5.74, 6) is 0.727. The predicted molar refractivity (Wildman–Crippen MR) is 177 cm³/mol. The van der Waals surface area contributed by atoms with Crippen LogP contribution in [0.3, 0.4) is 0 Å². The first kappa shape index (κ1) is 28.4. The molecule has 43 heavy (non-hydrogen) atoms. The molecule has 1 N–H and O–H groups in total. The summed E-state index contributed by atoms with van der Waals surface area (Å²) in [4.78, 5) is 14.2. The average Bonchev–Trinajstić information content (AvgIpc) is 3.32. The highest BCUT2D eigenvalue weighted by atomic mass is 16.3. The normalized spacial score (nSPS) is 12.2. The van der Waals surface area contributed by atoms with E-state index < -0.39 is 0 Å². The van der Waals surface area contributed by atoms with Crippen LogP contribution in [-0.4, -0.2) is 24.6 Å². The summed E-state index contributed by atoms with van der Waals surface area (Å²) in [5.41, 5.74) is 11.3. The Hall–Kier alpha value is -4.77. The van der Waals surface area contributed by atoms with Gasteiger partial charge in [-0.1, -0.05) is 77.9 Å². The molecule has 3 aromatic heterocycles. The molecule has 0 aliphatic rings. The molecule has 0 unspecified atom stereocenters. The zero-order valence-corrected chi connectivity index (χ0v) is 26.0. The van der Waals surface area contributed by atoms with E-state index in [4.69, 9.17) is 9.97 Å². The van der Waals surface area contributed by atoms with Crippen LogP contribution in [-0.2, 0) is 17.9 Å². The molecule has 0 spiro atoms. The Labute approximate surface area is 253 Å². The molecule has 0 amide bonds. The van der Waals surface area contributed by atoms with Crippen molar-refractivity contribution in [1.29, 1.82) is 0 Å². The van der Waals surface area contributed by atoms with E-state index in [1.165, 1.54) is 16.7 Å². The fraction of sp³-hybridized carbons (Fsp3) is 0.237. The summed E-state index contributed by atoms with van der Waals surface area (Å²) in [6.07, 6.45) is 3.51. The Balaban J connectivity index is 1.62. The van der Waals surface area contributed by atoms with E-state index in [0.717, 1.165) is 39.0 Å². The average molecular weight is 567 g/mol. The zero-order valence-electron chi connectivity index (χ0n) is 26.0. The van der Waals surface area contributed by atoms with Gasteiger partial charge >= 0.3 is 0 Å². The standard InChI is InChI=1S/C38H38N4O/c1-37(2,3)28-21-25(22-29(23-28)38(4,5)6)24-18-26(20-27(19-24)31-13-8-9-16-39-31)30-12-10-14-32-34(30)41-36(42(32)7)35-33(43)15-11-17-40-35/h8-23,43H,1-7H3. The monoisotopic (exact) mass is 566 g/mol. The molecule has 5 nitrogen and oxygen atoms in total. The molecule has 0 saturated heterocycles. The number of nitrogens with zero attached hydrogens (tertiary/aromatic N) is 4. The Bertz CT molecular complexity index is 1920. The van der Waals surface area contributed by atoms with Gasteiger partial charge in [0.1, 0.15) is 11.4 Å². The highest BCUT2D eigenvalue weighted by Crippen LogP contribution is 2.39. The molecule has 3 aromatic carbocycles. The number of benzene rings is 3. The summed E-state index contributed by atoms with van der Waals surface area (Å²) >= 11 is 0. The number of aromatic nitrogens is 4. The lowest BCUT2D eigenvalue weighted by molar-refractivity contribution is 0.474. The summed E-state index contributed by atoms with van der Waals surface area (Å²) in [5, 5.41) is 10.6. The maximum absolute atomic E-state index is 10.6. The Morgan fingerprint density at radius 3 is 1.93 bits per heavy atom. The van der Waals surface area contributed by atoms with Gasteiger partial charge in [0.05, 0.1) is 16.7 Å². The van der Waals surface area contributed by atoms with E-state index in [1.54, 1.807) is 18.3 Å². The highest BCUT2D eigenvalue weighted by Gasteiger charge is 2.22. The van der Waals surface area contributed by atoms with Crippen LogP contribution in [0.1, 0.15) is 52.7 Å². The van der Waals surface area contributed by atoms with Crippen LogP contribution < -0.4 is 0 Å². The molecule has 6 aromatic rings. The molecule has 5 heteroatoms. The minimum absolute atomic E-state index is 0.00439. The lowest BCUT2D eigenvalue weighted by Gasteiger charge is -2.26. The Morgan fingerprint density at radius 1 is 0.628 bits per heavy atom. The van der Waals surface area contributed by atoms with Crippen molar-refractivity contribution in [3.8, 4) is 50.8 Å². The Morgan fingerprint density at radius 2 is 1.28 bits per heavy atom. The van der Waals surface area contributed by atoms with E-state index in [-0.39, 0.29) is 16.6 Å². The van der Waals surface area contributed by atoms with Crippen LogP contribution in [0.5, 0.6) is 5.75 Å². The lowest BCUT2D eigenvalue weighted by atomic mass is 9.78. The van der Waals surface area contributed by atoms with Crippen molar-refractivity contribution in [3.63, 3.8) is 0 Å². The van der Waals surface area contributed by atoms with Gasteiger partial charge in [0.2, 0.25) is 0 Å². The second-order valence-corrected chi connectivity index (χ2v) is 13.4. The fourth-order valence-electron chi connectivity index (χ4n) is 5.52. The number of hydrogen-bond donors (Lipinski definition) is 1. The van der Waals surface area contributed by atoms with E-state index in [9.17, 15) is 5.11 Å². The number of fused-ring (bicyclic) bond motifs is 1. The van der Waals surface area contributed by atoms with Gasteiger partial charge in [-0.15, -0.1) is 0 Å². The molecule has 6 rings (SSSR count). The molecule has 0 atom stereocenters. The van der Waals surface area contributed by atoms with Crippen molar-refractivity contribution in [2.45, 2.75) is 52.4 Å². The van der Waals surface area contributed by atoms with Crippen LogP contribution >= 0.6 is 0 Å². The number of para-hydroxylation sites is 1. The number of imidazole rings is 1. The van der Waals surface area contributed by atoms with Crippen LogP contribution in [0.25, 0.3) is 56.1 Å². The molecule has 3 heterocycles. The quantitative estimate of drug-likeness (QED) is 0.231. The van der Waals surface area contributed by atoms with Crippen LogP contribution in [0.15, 0.2) is 97.3 Å². The van der Waals surface area contributed by atoms with Crippen molar-refractivity contribution in [3.05, 3.63) is 108 Å². The Kier molecular flexibility index (Phi) is 6.92. The van der Waals surface area contributed by atoms with Crippen molar-refractivity contribution < 1.29 is 5.11 Å². The van der Waals surface area contributed by atoms with Crippen molar-refractivity contribution in [1.82, 2.24) is 19.5 Å². The van der Waals surface area contributed by atoms with Gasteiger partial charge in [0.15, 0.2) is 5.82 Å².